The zero-order valence-corrected chi connectivity index (χ0v) is 13.1. The van der Waals surface area contributed by atoms with Crippen LogP contribution < -0.4 is 10.2 Å². The highest BCUT2D eigenvalue weighted by Gasteiger charge is 2.18. The van der Waals surface area contributed by atoms with E-state index in [9.17, 15) is 0 Å². The fourth-order valence-electron chi connectivity index (χ4n) is 2.60. The van der Waals surface area contributed by atoms with Gasteiger partial charge in [-0.15, -0.1) is 11.3 Å². The topological polar surface area (TPSA) is 44.3 Å². The summed E-state index contributed by atoms with van der Waals surface area (Å²) in [7, 11) is 1.95. The van der Waals surface area contributed by atoms with Crippen LogP contribution >= 0.6 is 11.3 Å². The van der Waals surface area contributed by atoms with Crippen molar-refractivity contribution in [2.24, 2.45) is 0 Å². The van der Waals surface area contributed by atoms with Gasteiger partial charge in [0.25, 0.3) is 0 Å². The molecule has 1 N–H and O–H groups in total. The van der Waals surface area contributed by atoms with Crippen molar-refractivity contribution in [1.29, 1.82) is 0 Å². The van der Waals surface area contributed by atoms with Crippen LogP contribution in [-0.2, 0) is 13.1 Å². The van der Waals surface area contributed by atoms with E-state index in [0.717, 1.165) is 55.8 Å². The Labute approximate surface area is 129 Å². The molecule has 0 saturated carbocycles. The van der Waals surface area contributed by atoms with Gasteiger partial charge in [-0.05, 0) is 19.2 Å². The number of rotatable bonds is 5. The van der Waals surface area contributed by atoms with Gasteiger partial charge < -0.3 is 10.2 Å². The SMILES string of the molecule is CNCc1cccc(CN2CCN(c3nccs3)CC2)n1. The molecule has 21 heavy (non-hydrogen) atoms. The van der Waals surface area contributed by atoms with Gasteiger partial charge in [-0.2, -0.15) is 0 Å². The van der Waals surface area contributed by atoms with Gasteiger partial charge in [0, 0.05) is 50.8 Å². The zero-order chi connectivity index (χ0) is 14.5. The molecule has 2 aromatic heterocycles. The third kappa shape index (κ3) is 3.78. The second-order valence-corrected chi connectivity index (χ2v) is 6.10. The van der Waals surface area contributed by atoms with Crippen molar-refractivity contribution in [3.63, 3.8) is 0 Å². The summed E-state index contributed by atoms with van der Waals surface area (Å²) in [5.41, 5.74) is 2.27. The molecule has 3 heterocycles. The number of nitrogens with zero attached hydrogens (tertiary/aromatic N) is 4. The molecule has 112 valence electrons. The minimum absolute atomic E-state index is 0.825. The number of hydrogen-bond donors (Lipinski definition) is 1. The van der Waals surface area contributed by atoms with Gasteiger partial charge in [0.05, 0.1) is 11.4 Å². The fraction of sp³-hybridized carbons (Fsp3) is 0.467. The highest BCUT2D eigenvalue weighted by molar-refractivity contribution is 7.13. The second-order valence-electron chi connectivity index (χ2n) is 5.23. The van der Waals surface area contributed by atoms with Crippen LogP contribution in [0.3, 0.4) is 0 Å². The van der Waals surface area contributed by atoms with Crippen molar-refractivity contribution in [2.45, 2.75) is 13.1 Å². The molecule has 1 aliphatic rings. The van der Waals surface area contributed by atoms with Gasteiger partial charge in [0.1, 0.15) is 0 Å². The summed E-state index contributed by atoms with van der Waals surface area (Å²) in [6.45, 7) is 5.98. The maximum atomic E-state index is 4.70. The van der Waals surface area contributed by atoms with Crippen LogP contribution in [0.1, 0.15) is 11.4 Å². The molecule has 0 bridgehead atoms. The largest absolute Gasteiger partial charge is 0.346 e. The lowest BCUT2D eigenvalue weighted by Crippen LogP contribution is -2.46. The minimum atomic E-state index is 0.825. The molecule has 0 amide bonds. The lowest BCUT2D eigenvalue weighted by atomic mass is 10.2. The third-order valence-corrected chi connectivity index (χ3v) is 4.50. The van der Waals surface area contributed by atoms with Crippen LogP contribution in [0.15, 0.2) is 29.8 Å². The molecule has 0 radical (unpaired) electrons. The summed E-state index contributed by atoms with van der Waals surface area (Å²) in [5, 5.41) is 6.33. The fourth-order valence-corrected chi connectivity index (χ4v) is 3.29. The van der Waals surface area contributed by atoms with Crippen LogP contribution in [0.25, 0.3) is 0 Å². The van der Waals surface area contributed by atoms with E-state index < -0.39 is 0 Å². The summed E-state index contributed by atoms with van der Waals surface area (Å²) in [6.07, 6.45) is 1.88. The highest BCUT2D eigenvalue weighted by Crippen LogP contribution is 2.19. The number of nitrogens with one attached hydrogen (secondary N) is 1. The van der Waals surface area contributed by atoms with Crippen molar-refractivity contribution in [3.8, 4) is 0 Å². The van der Waals surface area contributed by atoms with Gasteiger partial charge in [0.15, 0.2) is 5.13 Å². The standard InChI is InChI=1S/C15H21N5S/c1-16-11-13-3-2-4-14(18-13)12-19-6-8-20(9-7-19)15-17-5-10-21-15/h2-5,10,16H,6-9,11-12H2,1H3. The van der Waals surface area contributed by atoms with Crippen LogP contribution in [0.4, 0.5) is 5.13 Å². The van der Waals surface area contributed by atoms with Crippen molar-refractivity contribution < 1.29 is 0 Å². The minimum Gasteiger partial charge on any atom is -0.346 e. The summed E-state index contributed by atoms with van der Waals surface area (Å²) >= 11 is 1.72. The molecular weight excluding hydrogens is 282 g/mol. The molecule has 5 nitrogen and oxygen atoms in total. The molecule has 2 aromatic rings. The first kappa shape index (κ1) is 14.4. The Hall–Kier alpha value is -1.50. The number of hydrogen-bond acceptors (Lipinski definition) is 6. The lowest BCUT2D eigenvalue weighted by Gasteiger charge is -2.34. The van der Waals surface area contributed by atoms with Crippen molar-refractivity contribution in [1.82, 2.24) is 20.2 Å². The molecule has 0 unspecified atom stereocenters. The van der Waals surface area contributed by atoms with Crippen molar-refractivity contribution in [2.75, 3.05) is 38.1 Å². The number of pyridine rings is 1. The molecule has 3 rings (SSSR count). The monoisotopic (exact) mass is 303 g/mol. The first-order valence-corrected chi connectivity index (χ1v) is 8.19. The van der Waals surface area contributed by atoms with Crippen molar-refractivity contribution >= 4 is 16.5 Å². The van der Waals surface area contributed by atoms with E-state index in [2.05, 4.69) is 38.3 Å². The second kappa shape index (κ2) is 6.98. The smallest absolute Gasteiger partial charge is 0.185 e. The van der Waals surface area contributed by atoms with E-state index in [1.165, 1.54) is 0 Å². The predicted molar refractivity (Wildman–Crippen MR) is 86.6 cm³/mol. The average Bonchev–Trinajstić information content (AvgIpc) is 3.03. The molecule has 1 aliphatic heterocycles. The van der Waals surface area contributed by atoms with Gasteiger partial charge in [-0.25, -0.2) is 4.98 Å². The molecule has 0 atom stereocenters. The van der Waals surface area contributed by atoms with Crippen LogP contribution in [-0.4, -0.2) is 48.1 Å². The van der Waals surface area contributed by atoms with Gasteiger partial charge >= 0.3 is 0 Å². The first-order chi connectivity index (χ1) is 10.3. The lowest BCUT2D eigenvalue weighted by molar-refractivity contribution is 0.247. The summed E-state index contributed by atoms with van der Waals surface area (Å²) in [6, 6.07) is 6.29. The molecular formula is C15H21N5S. The third-order valence-electron chi connectivity index (χ3n) is 3.67. The first-order valence-electron chi connectivity index (χ1n) is 7.31. The molecule has 1 saturated heterocycles. The Balaban J connectivity index is 1.54. The van der Waals surface area contributed by atoms with E-state index in [1.54, 1.807) is 11.3 Å². The average molecular weight is 303 g/mol. The molecule has 0 aromatic carbocycles. The number of aromatic nitrogens is 2. The number of anilines is 1. The van der Waals surface area contributed by atoms with Gasteiger partial charge in [0.2, 0.25) is 0 Å². The van der Waals surface area contributed by atoms with E-state index in [4.69, 9.17) is 4.98 Å². The van der Waals surface area contributed by atoms with Crippen LogP contribution in [0, 0.1) is 0 Å². The van der Waals surface area contributed by atoms with Crippen molar-refractivity contribution in [3.05, 3.63) is 41.2 Å². The highest BCUT2D eigenvalue weighted by atomic mass is 32.1. The normalized spacial score (nSPS) is 16.3. The summed E-state index contributed by atoms with van der Waals surface area (Å²) in [5.74, 6) is 0. The maximum absolute atomic E-state index is 4.70. The number of piperazine rings is 1. The van der Waals surface area contributed by atoms with E-state index in [1.807, 2.05) is 18.6 Å². The van der Waals surface area contributed by atoms with Crippen LogP contribution in [0.2, 0.25) is 0 Å². The van der Waals surface area contributed by atoms with E-state index in [-0.39, 0.29) is 0 Å². The quantitative estimate of drug-likeness (QED) is 0.908. The summed E-state index contributed by atoms with van der Waals surface area (Å²) in [4.78, 5) is 13.9. The Morgan fingerprint density at radius 2 is 2.00 bits per heavy atom. The zero-order valence-electron chi connectivity index (χ0n) is 12.3. The molecule has 0 aliphatic carbocycles. The Morgan fingerprint density at radius 3 is 2.71 bits per heavy atom. The Morgan fingerprint density at radius 1 is 1.19 bits per heavy atom. The van der Waals surface area contributed by atoms with Crippen LogP contribution in [0.5, 0.6) is 0 Å². The molecule has 1 fully saturated rings. The maximum Gasteiger partial charge on any atom is 0.185 e. The predicted octanol–water partition coefficient (Wildman–Crippen LogP) is 1.58. The van der Waals surface area contributed by atoms with E-state index in [0.29, 0.717) is 0 Å². The molecule has 6 heteroatoms. The molecule has 0 spiro atoms. The Kier molecular flexibility index (Phi) is 4.80. The Bertz CT molecular complexity index is 549. The van der Waals surface area contributed by atoms with Gasteiger partial charge in [-0.1, -0.05) is 6.07 Å². The number of thiazole rings is 1. The summed E-state index contributed by atoms with van der Waals surface area (Å²) < 4.78 is 0. The van der Waals surface area contributed by atoms with Gasteiger partial charge in [-0.3, -0.25) is 9.88 Å². The van der Waals surface area contributed by atoms with E-state index >= 15 is 0 Å².